The predicted molar refractivity (Wildman–Crippen MR) is 95.2 cm³/mol. The van der Waals surface area contributed by atoms with Crippen LogP contribution in [0.1, 0.15) is 12.0 Å². The van der Waals surface area contributed by atoms with Crippen molar-refractivity contribution < 1.29 is 19.6 Å². The number of amides is 2. The third-order valence-corrected chi connectivity index (χ3v) is 3.30. The maximum atomic E-state index is 11.7. The Bertz CT molecular complexity index is 867. The van der Waals surface area contributed by atoms with Crippen molar-refractivity contribution in [1.82, 2.24) is 5.43 Å². The summed E-state index contributed by atoms with van der Waals surface area (Å²) in [6.07, 6.45) is 0.692. The van der Waals surface area contributed by atoms with Crippen LogP contribution in [-0.2, 0) is 9.59 Å². The van der Waals surface area contributed by atoms with E-state index in [0.29, 0.717) is 16.3 Å². The van der Waals surface area contributed by atoms with Crippen LogP contribution in [0.4, 0.5) is 11.4 Å². The lowest BCUT2D eigenvalue weighted by atomic mass is 10.2. The zero-order valence-electron chi connectivity index (χ0n) is 13.2. The highest BCUT2D eigenvalue weighted by Gasteiger charge is 2.13. The fourth-order valence-electron chi connectivity index (χ4n) is 1.87. The van der Waals surface area contributed by atoms with Crippen molar-refractivity contribution in [3.8, 4) is 5.75 Å². The molecule has 0 atom stereocenters. The lowest BCUT2D eigenvalue weighted by Gasteiger charge is -2.04. The van der Waals surface area contributed by atoms with Gasteiger partial charge in [0.25, 0.3) is 0 Å². The second-order valence-electron chi connectivity index (χ2n) is 5.03. The number of rotatable bonds is 6. The molecule has 0 aliphatic rings. The van der Waals surface area contributed by atoms with E-state index >= 15 is 0 Å². The first-order valence-electron chi connectivity index (χ1n) is 7.20. The van der Waals surface area contributed by atoms with Gasteiger partial charge in [-0.15, -0.1) is 0 Å². The molecule has 0 fully saturated rings. The standard InChI is InChI=1S/C16H13ClN4O5/c17-11-2-4-12(5-3-11)19-15(23)8-16(24)20-18-9-10-1-6-14(22)13(7-10)21(25)26/h1-7,9,22H,8H2,(H,19,23)(H,20,24)/b18-9+. The van der Waals surface area contributed by atoms with Crippen molar-refractivity contribution in [2.75, 3.05) is 5.32 Å². The number of carbonyl (C=O) groups excluding carboxylic acids is 2. The van der Waals surface area contributed by atoms with Crippen molar-refractivity contribution in [2.45, 2.75) is 6.42 Å². The minimum atomic E-state index is -0.744. The Kier molecular flexibility index (Phi) is 6.23. The molecule has 0 heterocycles. The summed E-state index contributed by atoms with van der Waals surface area (Å²) in [6, 6.07) is 9.99. The molecule has 3 N–H and O–H groups in total. The number of phenolic OH excluding ortho intramolecular Hbond substituents is 1. The summed E-state index contributed by atoms with van der Waals surface area (Å²) in [5.74, 6) is -1.68. The van der Waals surface area contributed by atoms with Gasteiger partial charge in [0.1, 0.15) is 6.42 Å². The normalized spacial score (nSPS) is 10.5. The molecule has 0 bridgehead atoms. The van der Waals surface area contributed by atoms with Crippen molar-refractivity contribution in [3.05, 3.63) is 63.2 Å². The number of halogens is 1. The van der Waals surface area contributed by atoms with E-state index in [9.17, 15) is 24.8 Å². The lowest BCUT2D eigenvalue weighted by Crippen LogP contribution is -2.24. The molecule has 2 aromatic rings. The molecule has 0 spiro atoms. The number of nitro groups is 1. The molecule has 0 unspecified atom stereocenters. The zero-order chi connectivity index (χ0) is 19.1. The lowest BCUT2D eigenvalue weighted by molar-refractivity contribution is -0.385. The van der Waals surface area contributed by atoms with Crippen LogP contribution in [0.15, 0.2) is 47.6 Å². The summed E-state index contributed by atoms with van der Waals surface area (Å²) in [7, 11) is 0. The molecule has 0 saturated carbocycles. The quantitative estimate of drug-likeness (QED) is 0.308. The maximum Gasteiger partial charge on any atom is 0.311 e. The Labute approximate surface area is 152 Å². The van der Waals surface area contributed by atoms with Gasteiger partial charge in [0.2, 0.25) is 11.8 Å². The molecule has 2 aromatic carbocycles. The summed E-state index contributed by atoms with van der Waals surface area (Å²) in [6.45, 7) is 0. The van der Waals surface area contributed by atoms with Crippen LogP contribution in [0, 0.1) is 10.1 Å². The van der Waals surface area contributed by atoms with E-state index in [1.165, 1.54) is 6.07 Å². The summed E-state index contributed by atoms with van der Waals surface area (Å²) < 4.78 is 0. The zero-order valence-corrected chi connectivity index (χ0v) is 13.9. The Morgan fingerprint density at radius 2 is 1.88 bits per heavy atom. The molecule has 2 amide bonds. The van der Waals surface area contributed by atoms with Gasteiger partial charge in [0.05, 0.1) is 11.1 Å². The predicted octanol–water partition coefficient (Wildman–Crippen LogP) is 2.43. The number of carbonyl (C=O) groups is 2. The van der Waals surface area contributed by atoms with Crippen LogP contribution < -0.4 is 10.7 Å². The Hall–Kier alpha value is -3.46. The van der Waals surface area contributed by atoms with E-state index < -0.39 is 34.6 Å². The second kappa shape index (κ2) is 8.58. The van der Waals surface area contributed by atoms with Gasteiger partial charge in [-0.25, -0.2) is 5.43 Å². The van der Waals surface area contributed by atoms with Gasteiger partial charge < -0.3 is 10.4 Å². The van der Waals surface area contributed by atoms with Crippen molar-refractivity contribution in [1.29, 1.82) is 0 Å². The van der Waals surface area contributed by atoms with Crippen LogP contribution in [0.3, 0.4) is 0 Å². The second-order valence-corrected chi connectivity index (χ2v) is 5.47. The highest BCUT2D eigenvalue weighted by atomic mass is 35.5. The SMILES string of the molecule is O=C(CC(=O)Nc1ccc(Cl)cc1)N/N=C/c1ccc(O)c([N+](=O)[O-])c1. The van der Waals surface area contributed by atoms with E-state index in [4.69, 9.17) is 11.6 Å². The summed E-state index contributed by atoms with van der Waals surface area (Å²) in [4.78, 5) is 33.4. The van der Waals surface area contributed by atoms with Crippen molar-refractivity contribution in [3.63, 3.8) is 0 Å². The molecule has 10 heteroatoms. The smallest absolute Gasteiger partial charge is 0.311 e. The monoisotopic (exact) mass is 376 g/mol. The van der Waals surface area contributed by atoms with Crippen LogP contribution in [-0.4, -0.2) is 28.1 Å². The van der Waals surface area contributed by atoms with Gasteiger partial charge in [-0.3, -0.25) is 19.7 Å². The third kappa shape index (κ3) is 5.56. The van der Waals surface area contributed by atoms with Gasteiger partial charge >= 0.3 is 5.69 Å². The Morgan fingerprint density at radius 1 is 1.19 bits per heavy atom. The molecule has 0 aliphatic carbocycles. The number of benzene rings is 2. The summed E-state index contributed by atoms with van der Waals surface area (Å²) in [5.41, 5.74) is 2.44. The Balaban J connectivity index is 1.87. The number of hydrogen-bond donors (Lipinski definition) is 3. The molecule has 0 aliphatic heterocycles. The number of hydrogen-bond acceptors (Lipinski definition) is 6. The minimum Gasteiger partial charge on any atom is -0.502 e. The fraction of sp³-hybridized carbons (Fsp3) is 0.0625. The number of phenols is 1. The summed E-state index contributed by atoms with van der Waals surface area (Å²) >= 11 is 5.73. The van der Waals surface area contributed by atoms with Crippen molar-refractivity contribution in [2.24, 2.45) is 5.10 Å². The number of nitrogens with zero attached hydrogens (tertiary/aromatic N) is 2. The highest BCUT2D eigenvalue weighted by Crippen LogP contribution is 2.25. The average molecular weight is 377 g/mol. The number of nitro benzene ring substituents is 1. The average Bonchev–Trinajstić information content (AvgIpc) is 2.58. The van der Waals surface area contributed by atoms with E-state index in [1.807, 2.05) is 0 Å². The number of nitrogens with one attached hydrogen (secondary N) is 2. The number of hydrazone groups is 1. The molecular formula is C16H13ClN4O5. The van der Waals surface area contributed by atoms with Gasteiger partial charge in [-0.2, -0.15) is 5.10 Å². The van der Waals surface area contributed by atoms with Crippen LogP contribution in [0.2, 0.25) is 5.02 Å². The largest absolute Gasteiger partial charge is 0.502 e. The molecular weight excluding hydrogens is 364 g/mol. The maximum absolute atomic E-state index is 11.7. The van der Waals surface area contributed by atoms with E-state index in [-0.39, 0.29) is 0 Å². The molecule has 2 rings (SSSR count). The fourth-order valence-corrected chi connectivity index (χ4v) is 2.00. The van der Waals surface area contributed by atoms with E-state index in [2.05, 4.69) is 15.8 Å². The molecule has 9 nitrogen and oxygen atoms in total. The third-order valence-electron chi connectivity index (χ3n) is 3.05. The van der Waals surface area contributed by atoms with Gasteiger partial charge in [-0.1, -0.05) is 11.6 Å². The van der Waals surface area contributed by atoms with E-state index in [1.54, 1.807) is 24.3 Å². The summed E-state index contributed by atoms with van der Waals surface area (Å²) in [5, 5.41) is 26.7. The van der Waals surface area contributed by atoms with E-state index in [0.717, 1.165) is 18.3 Å². The van der Waals surface area contributed by atoms with Crippen LogP contribution >= 0.6 is 11.6 Å². The first kappa shape index (κ1) is 18.9. The van der Waals surface area contributed by atoms with Gasteiger partial charge in [0, 0.05) is 22.3 Å². The minimum absolute atomic E-state index is 0.292. The molecule has 0 saturated heterocycles. The van der Waals surface area contributed by atoms with Crippen LogP contribution in [0.25, 0.3) is 0 Å². The van der Waals surface area contributed by atoms with Gasteiger partial charge in [0.15, 0.2) is 5.75 Å². The molecule has 0 aromatic heterocycles. The Morgan fingerprint density at radius 3 is 2.54 bits per heavy atom. The van der Waals surface area contributed by atoms with Crippen molar-refractivity contribution >= 4 is 41.0 Å². The molecule has 0 radical (unpaired) electrons. The van der Waals surface area contributed by atoms with Crippen LogP contribution in [0.5, 0.6) is 5.75 Å². The topological polar surface area (TPSA) is 134 Å². The first-order chi connectivity index (χ1) is 12.3. The molecule has 134 valence electrons. The number of anilines is 1. The highest BCUT2D eigenvalue weighted by molar-refractivity contribution is 6.30. The first-order valence-corrected chi connectivity index (χ1v) is 7.57. The number of aromatic hydroxyl groups is 1. The molecule has 26 heavy (non-hydrogen) atoms. The van der Waals surface area contributed by atoms with Gasteiger partial charge in [-0.05, 0) is 36.4 Å².